The Morgan fingerprint density at radius 1 is 1.08 bits per heavy atom. The first kappa shape index (κ1) is 16.1. The Kier molecular flexibility index (Phi) is 3.64. The molecule has 0 fully saturated rings. The van der Waals surface area contributed by atoms with Crippen molar-refractivity contribution in [3.8, 4) is 0 Å². The van der Waals surface area contributed by atoms with Gasteiger partial charge in [-0.3, -0.25) is 19.8 Å². The number of hydrogen-bond donors (Lipinski definition) is 1. The van der Waals surface area contributed by atoms with E-state index in [4.69, 9.17) is 0 Å². The third kappa shape index (κ3) is 2.40. The van der Waals surface area contributed by atoms with Crippen molar-refractivity contribution in [2.24, 2.45) is 0 Å². The summed E-state index contributed by atoms with van der Waals surface area (Å²) in [4.78, 5) is 31.3. The highest BCUT2D eigenvalue weighted by Gasteiger charge is 2.35. The van der Waals surface area contributed by atoms with Crippen molar-refractivity contribution in [3.63, 3.8) is 0 Å². The van der Waals surface area contributed by atoms with E-state index in [-0.39, 0.29) is 17.8 Å². The number of carbonyl (C=O) groups is 2. The van der Waals surface area contributed by atoms with Gasteiger partial charge in [-0.05, 0) is 38.3 Å². The van der Waals surface area contributed by atoms with Crippen LogP contribution in [0.25, 0.3) is 10.8 Å². The van der Waals surface area contributed by atoms with Crippen LogP contribution in [-0.4, -0.2) is 33.0 Å². The molecule has 0 bridgehead atoms. The van der Waals surface area contributed by atoms with Crippen molar-refractivity contribution in [1.29, 1.82) is 0 Å². The highest BCUT2D eigenvalue weighted by molar-refractivity contribution is 6.26. The van der Waals surface area contributed by atoms with E-state index in [0.29, 0.717) is 17.0 Å². The average Bonchev–Trinajstić information content (AvgIpc) is 2.92. The molecule has 1 aliphatic heterocycles. The first-order valence-electron chi connectivity index (χ1n) is 8.31. The summed E-state index contributed by atoms with van der Waals surface area (Å²) < 4.78 is 0. The number of aryl methyl sites for hydroxylation is 2. The van der Waals surface area contributed by atoms with Gasteiger partial charge in [-0.15, -0.1) is 5.10 Å². The van der Waals surface area contributed by atoms with Crippen molar-refractivity contribution in [3.05, 3.63) is 53.3 Å². The van der Waals surface area contributed by atoms with Crippen LogP contribution in [0.3, 0.4) is 0 Å². The number of benzene rings is 2. The Labute approximate surface area is 150 Å². The topological polar surface area (TPSA) is 88.1 Å². The lowest BCUT2D eigenvalue weighted by atomic mass is 10.1. The summed E-state index contributed by atoms with van der Waals surface area (Å²) in [6.07, 6.45) is 0. The third-order valence-corrected chi connectivity index (χ3v) is 4.69. The van der Waals surface area contributed by atoms with Crippen LogP contribution in [0.15, 0.2) is 36.4 Å². The number of carbonyl (C=O) groups excluding carboxylic acids is 2. The molecule has 1 aliphatic rings. The molecule has 2 aromatic carbocycles. The number of nitrogens with one attached hydrogen (secondary N) is 1. The molecule has 0 saturated carbocycles. The lowest BCUT2D eigenvalue weighted by Gasteiger charge is -2.24. The van der Waals surface area contributed by atoms with E-state index in [1.807, 2.05) is 30.3 Å². The Balaban J connectivity index is 1.65. The Morgan fingerprint density at radius 3 is 2.54 bits per heavy atom. The van der Waals surface area contributed by atoms with E-state index in [9.17, 15) is 9.59 Å². The van der Waals surface area contributed by atoms with Crippen LogP contribution in [-0.2, 0) is 4.79 Å². The maximum Gasteiger partial charge on any atom is 0.259 e. The lowest BCUT2D eigenvalue weighted by Crippen LogP contribution is -2.44. The van der Waals surface area contributed by atoms with Gasteiger partial charge in [0.2, 0.25) is 11.9 Å². The van der Waals surface area contributed by atoms with Gasteiger partial charge in [0, 0.05) is 10.9 Å². The molecule has 1 atom stereocenters. The standard InChI is InChI=1S/C19H17N5O2/c1-10-11(2)22-23-19(20-10)21-17(25)12(3)24-15-9-5-7-13-6-4-8-14(16(13)15)18(24)26/h4-9,12H,1-3H3,(H,20,21,23,25). The normalized spacial score (nSPS) is 14.0. The van der Waals surface area contributed by atoms with E-state index < -0.39 is 6.04 Å². The van der Waals surface area contributed by atoms with Gasteiger partial charge in [-0.25, -0.2) is 4.98 Å². The third-order valence-electron chi connectivity index (χ3n) is 4.69. The van der Waals surface area contributed by atoms with Crippen molar-refractivity contribution in [1.82, 2.24) is 15.2 Å². The lowest BCUT2D eigenvalue weighted by molar-refractivity contribution is -0.117. The Bertz CT molecular complexity index is 1060. The molecule has 0 saturated heterocycles. The molecule has 1 unspecified atom stereocenters. The minimum atomic E-state index is -0.717. The number of amides is 2. The van der Waals surface area contributed by atoms with Crippen LogP contribution in [0.2, 0.25) is 0 Å². The number of hydrogen-bond acceptors (Lipinski definition) is 5. The van der Waals surface area contributed by atoms with Gasteiger partial charge in [0.1, 0.15) is 6.04 Å². The van der Waals surface area contributed by atoms with Crippen molar-refractivity contribution in [2.45, 2.75) is 26.8 Å². The second-order valence-corrected chi connectivity index (χ2v) is 6.33. The fraction of sp³-hybridized carbons (Fsp3) is 0.211. The van der Waals surface area contributed by atoms with E-state index in [1.54, 1.807) is 26.8 Å². The first-order chi connectivity index (χ1) is 12.5. The van der Waals surface area contributed by atoms with Gasteiger partial charge in [0.25, 0.3) is 5.91 Å². The van der Waals surface area contributed by atoms with Gasteiger partial charge >= 0.3 is 0 Å². The second kappa shape index (κ2) is 5.87. The maximum absolute atomic E-state index is 12.9. The van der Waals surface area contributed by atoms with Crippen LogP contribution >= 0.6 is 0 Å². The van der Waals surface area contributed by atoms with Crippen molar-refractivity contribution < 1.29 is 9.59 Å². The largest absolute Gasteiger partial charge is 0.295 e. The average molecular weight is 347 g/mol. The summed E-state index contributed by atoms with van der Waals surface area (Å²) in [6, 6.07) is 10.6. The number of nitrogens with zero attached hydrogens (tertiary/aromatic N) is 4. The molecule has 1 aromatic heterocycles. The molecule has 0 aliphatic carbocycles. The molecule has 3 aromatic rings. The zero-order chi connectivity index (χ0) is 18.4. The predicted octanol–water partition coefficient (Wildman–Crippen LogP) is 2.63. The zero-order valence-corrected chi connectivity index (χ0v) is 14.6. The molecular formula is C19H17N5O2. The first-order valence-corrected chi connectivity index (χ1v) is 8.31. The fourth-order valence-corrected chi connectivity index (χ4v) is 3.17. The van der Waals surface area contributed by atoms with Crippen LogP contribution in [0, 0.1) is 13.8 Å². The van der Waals surface area contributed by atoms with Crippen molar-refractivity contribution in [2.75, 3.05) is 10.2 Å². The number of rotatable bonds is 3. The van der Waals surface area contributed by atoms with Crippen molar-refractivity contribution >= 4 is 34.2 Å². The molecule has 2 heterocycles. The van der Waals surface area contributed by atoms with Crippen LogP contribution in [0.4, 0.5) is 11.6 Å². The Morgan fingerprint density at radius 2 is 1.81 bits per heavy atom. The monoisotopic (exact) mass is 347 g/mol. The summed E-state index contributed by atoms with van der Waals surface area (Å²) in [6.45, 7) is 5.28. The van der Waals surface area contributed by atoms with Gasteiger partial charge in [0.05, 0.1) is 17.1 Å². The highest BCUT2D eigenvalue weighted by atomic mass is 16.2. The smallest absolute Gasteiger partial charge is 0.259 e. The van der Waals surface area contributed by atoms with Gasteiger partial charge in [-0.2, -0.15) is 5.10 Å². The summed E-state index contributed by atoms with van der Waals surface area (Å²) >= 11 is 0. The van der Waals surface area contributed by atoms with E-state index in [1.165, 1.54) is 4.90 Å². The quantitative estimate of drug-likeness (QED) is 0.787. The molecule has 4 rings (SSSR count). The fourth-order valence-electron chi connectivity index (χ4n) is 3.17. The van der Waals surface area contributed by atoms with Gasteiger partial charge in [-0.1, -0.05) is 24.3 Å². The van der Waals surface area contributed by atoms with E-state index in [2.05, 4.69) is 20.5 Å². The SMILES string of the molecule is Cc1nnc(NC(=O)C(C)N2C(=O)c3cccc4cccc2c34)nc1C. The summed E-state index contributed by atoms with van der Waals surface area (Å²) in [5.74, 6) is -0.417. The van der Waals surface area contributed by atoms with Crippen LogP contribution in [0.1, 0.15) is 28.7 Å². The number of anilines is 2. The summed E-state index contributed by atoms with van der Waals surface area (Å²) in [5.41, 5.74) is 2.75. The molecule has 1 N–H and O–H groups in total. The van der Waals surface area contributed by atoms with Gasteiger partial charge in [0.15, 0.2) is 0 Å². The van der Waals surface area contributed by atoms with Crippen LogP contribution < -0.4 is 10.2 Å². The molecular weight excluding hydrogens is 330 g/mol. The minimum absolute atomic E-state index is 0.132. The Hall–Kier alpha value is -3.35. The highest BCUT2D eigenvalue weighted by Crippen LogP contribution is 2.38. The summed E-state index contributed by atoms with van der Waals surface area (Å²) in [7, 11) is 0. The zero-order valence-electron chi connectivity index (χ0n) is 14.6. The second-order valence-electron chi connectivity index (χ2n) is 6.33. The predicted molar refractivity (Wildman–Crippen MR) is 98.2 cm³/mol. The van der Waals surface area contributed by atoms with Crippen LogP contribution in [0.5, 0.6) is 0 Å². The van der Waals surface area contributed by atoms with E-state index >= 15 is 0 Å². The van der Waals surface area contributed by atoms with E-state index in [0.717, 1.165) is 16.5 Å². The maximum atomic E-state index is 12.9. The molecule has 7 heteroatoms. The molecule has 0 spiro atoms. The minimum Gasteiger partial charge on any atom is -0.295 e. The molecule has 26 heavy (non-hydrogen) atoms. The molecule has 0 radical (unpaired) electrons. The number of aromatic nitrogens is 3. The molecule has 2 amide bonds. The summed E-state index contributed by atoms with van der Waals surface area (Å²) in [5, 5.41) is 12.4. The van der Waals surface area contributed by atoms with Gasteiger partial charge < -0.3 is 0 Å². The molecule has 7 nitrogen and oxygen atoms in total. The molecule has 130 valence electrons.